The molecule has 0 saturated heterocycles. The molecule has 0 aliphatic heterocycles. The minimum Gasteiger partial charge on any atom is -0.322 e. The number of hydrogen-bond donors (Lipinski definition) is 1. The van der Waals surface area contributed by atoms with Gasteiger partial charge < -0.3 is 5.32 Å². The minimum atomic E-state index is -4.81. The van der Waals surface area contributed by atoms with Crippen LogP contribution in [0.15, 0.2) is 59.4 Å². The SMILES string of the molecule is CCc1ccc(-n2nc(C)c3c(C(F)(F)F)cc(=O)n(CC(=O)Nc4ccccc4F)c32)cc1. The van der Waals surface area contributed by atoms with Crippen molar-refractivity contribution < 1.29 is 22.4 Å². The lowest BCUT2D eigenvalue weighted by Crippen LogP contribution is -2.30. The van der Waals surface area contributed by atoms with Crippen LogP contribution in [0.5, 0.6) is 0 Å². The predicted octanol–water partition coefficient (Wildman–Crippen LogP) is 4.85. The van der Waals surface area contributed by atoms with E-state index in [0.29, 0.717) is 11.8 Å². The van der Waals surface area contributed by atoms with Crippen molar-refractivity contribution in [3.63, 3.8) is 0 Å². The van der Waals surface area contributed by atoms with Crippen LogP contribution in [0.4, 0.5) is 23.2 Å². The van der Waals surface area contributed by atoms with Gasteiger partial charge in [-0.05, 0) is 43.2 Å². The maximum absolute atomic E-state index is 13.9. The van der Waals surface area contributed by atoms with Crippen molar-refractivity contribution in [1.29, 1.82) is 0 Å². The molecule has 0 saturated carbocycles. The Hall–Kier alpha value is -3.95. The number of aryl methyl sites for hydroxylation is 2. The second-order valence-electron chi connectivity index (χ2n) is 7.72. The molecule has 176 valence electrons. The molecule has 0 aliphatic carbocycles. The first-order chi connectivity index (χ1) is 16.1. The van der Waals surface area contributed by atoms with Crippen molar-refractivity contribution in [3.05, 3.63) is 87.6 Å². The van der Waals surface area contributed by atoms with E-state index in [4.69, 9.17) is 0 Å². The van der Waals surface area contributed by atoms with Gasteiger partial charge in [0, 0.05) is 6.07 Å². The number of fused-ring (bicyclic) bond motifs is 1. The fourth-order valence-electron chi connectivity index (χ4n) is 3.78. The number of para-hydroxylation sites is 1. The summed E-state index contributed by atoms with van der Waals surface area (Å²) in [5, 5.41) is 6.33. The third-order valence-electron chi connectivity index (χ3n) is 5.44. The number of aromatic nitrogens is 3. The maximum Gasteiger partial charge on any atom is 0.417 e. The molecule has 4 rings (SSSR count). The smallest absolute Gasteiger partial charge is 0.322 e. The van der Waals surface area contributed by atoms with Crippen LogP contribution in [-0.2, 0) is 23.9 Å². The molecular formula is C24H20F4N4O2. The molecule has 2 heterocycles. The zero-order valence-electron chi connectivity index (χ0n) is 18.3. The van der Waals surface area contributed by atoms with Gasteiger partial charge in [0.15, 0.2) is 0 Å². The van der Waals surface area contributed by atoms with Gasteiger partial charge in [-0.2, -0.15) is 18.3 Å². The van der Waals surface area contributed by atoms with Crippen LogP contribution in [0.25, 0.3) is 16.7 Å². The summed E-state index contributed by atoms with van der Waals surface area (Å²) in [6.07, 6.45) is -4.05. The Labute approximate surface area is 191 Å². The topological polar surface area (TPSA) is 68.9 Å². The molecule has 0 unspecified atom stereocenters. The first-order valence-electron chi connectivity index (χ1n) is 10.4. The molecule has 0 aliphatic rings. The summed E-state index contributed by atoms with van der Waals surface area (Å²) in [6, 6.07) is 12.9. The standard InChI is InChI=1S/C24H20F4N4O2/c1-3-15-8-10-16(11-9-15)32-23-22(14(2)30-32)17(24(26,27)28)12-21(34)31(23)13-20(33)29-19-7-5-4-6-18(19)25/h4-12H,3,13H2,1-2H3,(H,29,33). The molecule has 2 aromatic carbocycles. The predicted molar refractivity (Wildman–Crippen MR) is 119 cm³/mol. The molecule has 0 radical (unpaired) electrons. The molecule has 0 spiro atoms. The Bertz CT molecular complexity index is 1440. The van der Waals surface area contributed by atoms with E-state index in [1.54, 1.807) is 24.3 Å². The second-order valence-corrected chi connectivity index (χ2v) is 7.72. The Morgan fingerprint density at radius 3 is 2.38 bits per heavy atom. The van der Waals surface area contributed by atoms with Gasteiger partial charge in [0.2, 0.25) is 5.91 Å². The van der Waals surface area contributed by atoms with Gasteiger partial charge in [0.05, 0.1) is 28.0 Å². The lowest BCUT2D eigenvalue weighted by atomic mass is 10.1. The number of pyridine rings is 1. The quantitative estimate of drug-likeness (QED) is 0.422. The molecule has 1 N–H and O–H groups in total. The van der Waals surface area contributed by atoms with E-state index in [1.807, 2.05) is 6.92 Å². The molecule has 1 amide bonds. The second kappa shape index (κ2) is 8.77. The molecule has 0 fully saturated rings. The van der Waals surface area contributed by atoms with Crippen LogP contribution in [0, 0.1) is 12.7 Å². The number of nitrogens with zero attached hydrogens (tertiary/aromatic N) is 3. The van der Waals surface area contributed by atoms with Crippen molar-refractivity contribution >= 4 is 22.6 Å². The highest BCUT2D eigenvalue weighted by Crippen LogP contribution is 2.36. The number of amides is 1. The van der Waals surface area contributed by atoms with E-state index in [9.17, 15) is 27.2 Å². The highest BCUT2D eigenvalue weighted by molar-refractivity contribution is 5.92. The van der Waals surface area contributed by atoms with Gasteiger partial charge in [-0.25, -0.2) is 9.07 Å². The summed E-state index contributed by atoms with van der Waals surface area (Å²) in [5.41, 5.74) is -0.965. The fourth-order valence-corrected chi connectivity index (χ4v) is 3.78. The number of anilines is 1. The van der Waals surface area contributed by atoms with Crippen molar-refractivity contribution in [2.75, 3.05) is 5.32 Å². The average molecular weight is 472 g/mol. The van der Waals surface area contributed by atoms with Crippen molar-refractivity contribution in [3.8, 4) is 5.69 Å². The molecule has 2 aromatic heterocycles. The Morgan fingerprint density at radius 1 is 1.09 bits per heavy atom. The molecule has 34 heavy (non-hydrogen) atoms. The van der Waals surface area contributed by atoms with Gasteiger partial charge in [-0.15, -0.1) is 0 Å². The van der Waals surface area contributed by atoms with Gasteiger partial charge in [-0.3, -0.25) is 14.2 Å². The van der Waals surface area contributed by atoms with Crippen molar-refractivity contribution in [2.45, 2.75) is 33.0 Å². The summed E-state index contributed by atoms with van der Waals surface area (Å²) < 4.78 is 57.5. The van der Waals surface area contributed by atoms with E-state index in [2.05, 4.69) is 10.4 Å². The molecule has 6 nitrogen and oxygen atoms in total. The van der Waals surface area contributed by atoms with E-state index < -0.39 is 35.6 Å². The van der Waals surface area contributed by atoms with E-state index in [-0.39, 0.29) is 22.4 Å². The number of carbonyl (C=O) groups is 1. The van der Waals surface area contributed by atoms with Crippen LogP contribution in [-0.4, -0.2) is 20.3 Å². The fraction of sp³-hybridized carbons (Fsp3) is 0.208. The number of nitrogens with one attached hydrogen (secondary N) is 1. The number of benzene rings is 2. The Morgan fingerprint density at radius 2 is 1.76 bits per heavy atom. The first kappa shape index (κ1) is 23.2. The van der Waals surface area contributed by atoms with E-state index >= 15 is 0 Å². The first-order valence-corrected chi connectivity index (χ1v) is 10.4. The van der Waals surface area contributed by atoms with Gasteiger partial charge in [-0.1, -0.05) is 31.2 Å². The summed E-state index contributed by atoms with van der Waals surface area (Å²) in [5.74, 6) is -1.46. The average Bonchev–Trinajstić information content (AvgIpc) is 3.13. The molecule has 4 aromatic rings. The Kier molecular flexibility index (Phi) is 5.99. The summed E-state index contributed by atoms with van der Waals surface area (Å²) in [7, 11) is 0. The number of hydrogen-bond acceptors (Lipinski definition) is 3. The summed E-state index contributed by atoms with van der Waals surface area (Å²) >= 11 is 0. The molecule has 10 heteroatoms. The highest BCUT2D eigenvalue weighted by atomic mass is 19.4. The third kappa shape index (κ3) is 4.30. The lowest BCUT2D eigenvalue weighted by molar-refractivity contribution is -0.136. The van der Waals surface area contributed by atoms with Crippen molar-refractivity contribution in [1.82, 2.24) is 14.3 Å². The Balaban J connectivity index is 1.90. The molecule has 0 atom stereocenters. The van der Waals surface area contributed by atoms with E-state index in [0.717, 1.165) is 22.6 Å². The third-order valence-corrected chi connectivity index (χ3v) is 5.44. The number of rotatable bonds is 5. The van der Waals surface area contributed by atoms with Crippen LogP contribution >= 0.6 is 0 Å². The van der Waals surface area contributed by atoms with Gasteiger partial charge in [0.1, 0.15) is 18.0 Å². The van der Waals surface area contributed by atoms with Gasteiger partial charge in [0.25, 0.3) is 5.56 Å². The zero-order chi connectivity index (χ0) is 24.6. The summed E-state index contributed by atoms with van der Waals surface area (Å²) in [4.78, 5) is 25.5. The summed E-state index contributed by atoms with van der Waals surface area (Å²) in [6.45, 7) is 2.73. The molecular weight excluding hydrogens is 452 g/mol. The highest BCUT2D eigenvalue weighted by Gasteiger charge is 2.36. The maximum atomic E-state index is 13.9. The van der Waals surface area contributed by atoms with E-state index in [1.165, 1.54) is 29.8 Å². The normalized spacial score (nSPS) is 11.7. The zero-order valence-corrected chi connectivity index (χ0v) is 18.3. The van der Waals surface area contributed by atoms with Crippen molar-refractivity contribution in [2.24, 2.45) is 0 Å². The van der Waals surface area contributed by atoms with Gasteiger partial charge >= 0.3 is 6.18 Å². The van der Waals surface area contributed by atoms with Crippen LogP contribution < -0.4 is 10.9 Å². The number of alkyl halides is 3. The van der Waals surface area contributed by atoms with Crippen LogP contribution in [0.1, 0.15) is 23.7 Å². The number of halogens is 4. The largest absolute Gasteiger partial charge is 0.417 e. The lowest BCUT2D eigenvalue weighted by Gasteiger charge is -2.15. The molecule has 0 bridgehead atoms. The van der Waals surface area contributed by atoms with Crippen LogP contribution in [0.2, 0.25) is 0 Å². The minimum absolute atomic E-state index is 0.0464. The van der Waals surface area contributed by atoms with Crippen LogP contribution in [0.3, 0.4) is 0 Å². The monoisotopic (exact) mass is 472 g/mol. The number of carbonyl (C=O) groups excluding carboxylic acids is 1.